The molecule has 0 aliphatic carbocycles. The lowest BCUT2D eigenvalue weighted by Gasteiger charge is -2.12. The van der Waals surface area contributed by atoms with E-state index in [1.807, 2.05) is 19.1 Å². The molecule has 0 fully saturated rings. The summed E-state index contributed by atoms with van der Waals surface area (Å²) >= 11 is 0. The van der Waals surface area contributed by atoms with Crippen molar-refractivity contribution in [3.05, 3.63) is 46.8 Å². The molecule has 0 saturated heterocycles. The quantitative estimate of drug-likeness (QED) is 0.919. The molecule has 1 aromatic carbocycles. The minimum absolute atomic E-state index is 0.131. The van der Waals surface area contributed by atoms with Crippen LogP contribution in [-0.4, -0.2) is 20.9 Å². The van der Waals surface area contributed by atoms with Gasteiger partial charge in [0.1, 0.15) is 0 Å². The average molecular weight is 286 g/mol. The lowest BCUT2D eigenvalue weighted by Crippen LogP contribution is -2.05. The molecule has 21 heavy (non-hydrogen) atoms. The number of hydrogen-bond acceptors (Lipinski definition) is 2. The van der Waals surface area contributed by atoms with Gasteiger partial charge < -0.3 is 5.11 Å². The van der Waals surface area contributed by atoms with Crippen LogP contribution in [0.5, 0.6) is 0 Å². The van der Waals surface area contributed by atoms with Crippen molar-refractivity contribution < 1.29 is 9.90 Å². The highest BCUT2D eigenvalue weighted by molar-refractivity contribution is 5.87. The van der Waals surface area contributed by atoms with E-state index >= 15 is 0 Å². The Morgan fingerprint density at radius 1 is 1.10 bits per heavy atom. The SMILES string of the molecule is Cc1c(C(=O)O)nn(-c2ccc(C(C)C)cc2)c1C(C)C. The molecule has 1 aromatic heterocycles. The van der Waals surface area contributed by atoms with E-state index in [4.69, 9.17) is 0 Å². The van der Waals surface area contributed by atoms with E-state index in [1.54, 1.807) is 4.68 Å². The molecule has 0 unspecified atom stereocenters. The molecule has 0 aliphatic heterocycles. The standard InChI is InChI=1S/C17H22N2O2/c1-10(2)13-6-8-14(9-7-13)19-16(11(3)4)12(5)15(18-19)17(20)21/h6-11H,1-5H3,(H,20,21). The minimum Gasteiger partial charge on any atom is -0.476 e. The number of carbonyl (C=O) groups is 1. The van der Waals surface area contributed by atoms with E-state index in [-0.39, 0.29) is 11.6 Å². The Morgan fingerprint density at radius 3 is 2.10 bits per heavy atom. The van der Waals surface area contributed by atoms with Gasteiger partial charge in [-0.15, -0.1) is 0 Å². The second-order valence-electron chi connectivity index (χ2n) is 5.98. The Bertz CT molecular complexity index is 652. The molecule has 2 rings (SSSR count). The third-order valence-corrected chi connectivity index (χ3v) is 3.72. The minimum atomic E-state index is -0.980. The average Bonchev–Trinajstić information content (AvgIpc) is 2.76. The van der Waals surface area contributed by atoms with Crippen LogP contribution in [0.25, 0.3) is 5.69 Å². The first-order chi connectivity index (χ1) is 9.82. The van der Waals surface area contributed by atoms with E-state index in [1.165, 1.54) is 5.56 Å². The molecule has 4 heteroatoms. The molecule has 0 spiro atoms. The first-order valence-electron chi connectivity index (χ1n) is 7.26. The molecule has 1 N–H and O–H groups in total. The van der Waals surface area contributed by atoms with Gasteiger partial charge in [0, 0.05) is 5.56 Å². The fraction of sp³-hybridized carbons (Fsp3) is 0.412. The molecule has 4 nitrogen and oxygen atoms in total. The van der Waals surface area contributed by atoms with Crippen LogP contribution < -0.4 is 0 Å². The lowest BCUT2D eigenvalue weighted by molar-refractivity contribution is 0.0689. The van der Waals surface area contributed by atoms with E-state index in [0.717, 1.165) is 16.9 Å². The summed E-state index contributed by atoms with van der Waals surface area (Å²) in [5, 5.41) is 13.6. The van der Waals surface area contributed by atoms with E-state index in [2.05, 4.69) is 44.9 Å². The Kier molecular flexibility index (Phi) is 4.16. The highest BCUT2D eigenvalue weighted by Crippen LogP contribution is 2.26. The van der Waals surface area contributed by atoms with Crippen molar-refractivity contribution in [2.24, 2.45) is 0 Å². The maximum absolute atomic E-state index is 11.3. The van der Waals surface area contributed by atoms with Crippen molar-refractivity contribution >= 4 is 5.97 Å². The first-order valence-corrected chi connectivity index (χ1v) is 7.26. The van der Waals surface area contributed by atoms with E-state index in [9.17, 15) is 9.90 Å². The normalized spacial score (nSPS) is 11.4. The monoisotopic (exact) mass is 286 g/mol. The molecule has 0 saturated carbocycles. The van der Waals surface area contributed by atoms with Crippen LogP contribution in [0.4, 0.5) is 0 Å². The van der Waals surface area contributed by atoms with Gasteiger partial charge in [-0.2, -0.15) is 5.10 Å². The van der Waals surface area contributed by atoms with Gasteiger partial charge >= 0.3 is 5.97 Å². The smallest absolute Gasteiger partial charge is 0.356 e. The van der Waals surface area contributed by atoms with E-state index < -0.39 is 5.97 Å². The zero-order valence-corrected chi connectivity index (χ0v) is 13.2. The number of hydrogen-bond donors (Lipinski definition) is 1. The Balaban J connectivity index is 2.57. The largest absolute Gasteiger partial charge is 0.476 e. The molecular weight excluding hydrogens is 264 g/mol. The van der Waals surface area contributed by atoms with Gasteiger partial charge in [-0.05, 0) is 36.5 Å². The van der Waals surface area contributed by atoms with Crippen molar-refractivity contribution in [2.75, 3.05) is 0 Å². The van der Waals surface area contributed by atoms with Crippen molar-refractivity contribution in [3.8, 4) is 5.69 Å². The summed E-state index contributed by atoms with van der Waals surface area (Å²) in [5.41, 5.74) is 3.98. The number of carboxylic acids is 1. The Morgan fingerprint density at radius 2 is 1.67 bits per heavy atom. The molecular formula is C17H22N2O2. The summed E-state index contributed by atoms with van der Waals surface area (Å²) in [6, 6.07) is 8.14. The van der Waals surface area contributed by atoms with Crippen LogP contribution in [0.3, 0.4) is 0 Å². The van der Waals surface area contributed by atoms with Crippen molar-refractivity contribution in [1.82, 2.24) is 9.78 Å². The second kappa shape index (κ2) is 5.72. The van der Waals surface area contributed by atoms with Crippen molar-refractivity contribution in [1.29, 1.82) is 0 Å². The summed E-state index contributed by atoms with van der Waals surface area (Å²) in [7, 11) is 0. The third kappa shape index (κ3) is 2.84. The number of rotatable bonds is 4. The van der Waals surface area contributed by atoms with Gasteiger partial charge in [0.15, 0.2) is 5.69 Å². The summed E-state index contributed by atoms with van der Waals surface area (Å²) in [6.45, 7) is 10.2. The summed E-state index contributed by atoms with van der Waals surface area (Å²) < 4.78 is 1.76. The fourth-order valence-corrected chi connectivity index (χ4v) is 2.59. The molecule has 1 heterocycles. The summed E-state index contributed by atoms with van der Waals surface area (Å²) in [4.78, 5) is 11.3. The first kappa shape index (κ1) is 15.3. The number of nitrogens with zero attached hydrogens (tertiary/aromatic N) is 2. The molecule has 112 valence electrons. The fourth-order valence-electron chi connectivity index (χ4n) is 2.59. The van der Waals surface area contributed by atoms with E-state index in [0.29, 0.717) is 5.92 Å². The highest BCUT2D eigenvalue weighted by atomic mass is 16.4. The Labute approximate surface area is 125 Å². The topological polar surface area (TPSA) is 55.1 Å². The predicted octanol–water partition coefficient (Wildman–Crippen LogP) is 4.13. The van der Waals surface area contributed by atoms with Gasteiger partial charge in [0.25, 0.3) is 0 Å². The molecule has 0 amide bonds. The van der Waals surface area contributed by atoms with Crippen LogP contribution in [0.15, 0.2) is 24.3 Å². The van der Waals surface area contributed by atoms with Crippen LogP contribution in [-0.2, 0) is 0 Å². The van der Waals surface area contributed by atoms with Crippen molar-refractivity contribution in [3.63, 3.8) is 0 Å². The zero-order valence-electron chi connectivity index (χ0n) is 13.2. The van der Waals surface area contributed by atoms with Gasteiger partial charge in [-0.3, -0.25) is 0 Å². The second-order valence-corrected chi connectivity index (χ2v) is 5.98. The number of benzene rings is 1. The van der Waals surface area contributed by atoms with Crippen molar-refractivity contribution in [2.45, 2.75) is 46.5 Å². The predicted molar refractivity (Wildman–Crippen MR) is 83.4 cm³/mol. The van der Waals surface area contributed by atoms with Gasteiger partial charge in [0.05, 0.1) is 11.4 Å². The maximum atomic E-state index is 11.3. The van der Waals surface area contributed by atoms with Crippen LogP contribution in [0.2, 0.25) is 0 Å². The van der Waals surface area contributed by atoms with Crippen LogP contribution in [0, 0.1) is 6.92 Å². The molecule has 0 radical (unpaired) electrons. The summed E-state index contributed by atoms with van der Waals surface area (Å²) in [6.07, 6.45) is 0. The highest BCUT2D eigenvalue weighted by Gasteiger charge is 2.22. The molecule has 2 aromatic rings. The zero-order chi connectivity index (χ0) is 15.7. The number of aromatic nitrogens is 2. The summed E-state index contributed by atoms with van der Waals surface area (Å²) in [5.74, 6) is -0.306. The van der Waals surface area contributed by atoms with Crippen LogP contribution in [0.1, 0.15) is 66.8 Å². The molecule has 0 bridgehead atoms. The molecule has 0 aliphatic rings. The third-order valence-electron chi connectivity index (χ3n) is 3.72. The maximum Gasteiger partial charge on any atom is 0.356 e. The van der Waals surface area contributed by atoms with Gasteiger partial charge in [0.2, 0.25) is 0 Å². The molecule has 0 atom stereocenters. The number of aromatic carboxylic acids is 1. The number of carboxylic acid groups (broad SMARTS) is 1. The van der Waals surface area contributed by atoms with Crippen LogP contribution >= 0.6 is 0 Å². The Hall–Kier alpha value is -2.10. The van der Waals surface area contributed by atoms with Gasteiger partial charge in [-0.1, -0.05) is 39.8 Å². The lowest BCUT2D eigenvalue weighted by atomic mass is 10.0. The van der Waals surface area contributed by atoms with Gasteiger partial charge in [-0.25, -0.2) is 9.48 Å².